The Morgan fingerprint density at radius 3 is 2.76 bits per heavy atom. The predicted molar refractivity (Wildman–Crippen MR) is 87.3 cm³/mol. The van der Waals surface area contributed by atoms with Crippen molar-refractivity contribution >= 4 is 0 Å². The van der Waals surface area contributed by atoms with Gasteiger partial charge in [-0.3, -0.25) is 9.88 Å². The summed E-state index contributed by atoms with van der Waals surface area (Å²) in [6.07, 6.45) is 10.2. The first kappa shape index (κ1) is 15.0. The number of nitrogens with zero attached hydrogens (tertiary/aromatic N) is 2. The van der Waals surface area contributed by atoms with E-state index in [1.54, 1.807) is 0 Å². The van der Waals surface area contributed by atoms with Crippen LogP contribution in [0.4, 0.5) is 0 Å². The van der Waals surface area contributed by atoms with E-state index >= 15 is 0 Å². The fourth-order valence-electron chi connectivity index (χ4n) is 4.01. The molecule has 1 aliphatic carbocycles. The molecule has 1 aromatic heterocycles. The van der Waals surface area contributed by atoms with Crippen LogP contribution < -0.4 is 5.32 Å². The van der Waals surface area contributed by atoms with Gasteiger partial charge in [0.15, 0.2) is 0 Å². The van der Waals surface area contributed by atoms with E-state index in [1.165, 1.54) is 50.6 Å². The molecule has 1 N–H and O–H groups in total. The van der Waals surface area contributed by atoms with Gasteiger partial charge in [-0.15, -0.1) is 0 Å². The van der Waals surface area contributed by atoms with Crippen LogP contribution in [-0.4, -0.2) is 34.6 Å². The first-order valence-electron chi connectivity index (χ1n) is 8.61. The highest BCUT2D eigenvalue weighted by Crippen LogP contribution is 2.32. The van der Waals surface area contributed by atoms with Crippen molar-refractivity contribution in [1.29, 1.82) is 0 Å². The summed E-state index contributed by atoms with van der Waals surface area (Å²) in [6.45, 7) is 7.77. The lowest BCUT2D eigenvalue weighted by Crippen LogP contribution is -2.64. The molecule has 1 atom stereocenters. The van der Waals surface area contributed by atoms with E-state index in [0.29, 0.717) is 11.6 Å². The standard InChI is InChI=1S/C18H29N3/c1-3-17-12-20-18(9-5-4-6-10-18)14-21(17)13-16-8-7-15(2)19-11-16/h7-8,11,17,20H,3-6,9-10,12-14H2,1-2H3. The highest BCUT2D eigenvalue weighted by Gasteiger charge is 2.39. The third-order valence-electron chi connectivity index (χ3n) is 5.38. The van der Waals surface area contributed by atoms with Crippen LogP contribution in [0.25, 0.3) is 0 Å². The van der Waals surface area contributed by atoms with Crippen molar-refractivity contribution in [2.45, 2.75) is 70.5 Å². The fourth-order valence-corrected chi connectivity index (χ4v) is 4.01. The van der Waals surface area contributed by atoms with Crippen LogP contribution >= 0.6 is 0 Å². The molecular weight excluding hydrogens is 258 g/mol. The van der Waals surface area contributed by atoms with E-state index in [4.69, 9.17) is 0 Å². The third-order valence-corrected chi connectivity index (χ3v) is 5.38. The van der Waals surface area contributed by atoms with Crippen molar-refractivity contribution in [2.24, 2.45) is 0 Å². The van der Waals surface area contributed by atoms with Gasteiger partial charge in [0.2, 0.25) is 0 Å². The normalized spacial score (nSPS) is 26.1. The van der Waals surface area contributed by atoms with Crippen molar-refractivity contribution in [3.05, 3.63) is 29.6 Å². The smallest absolute Gasteiger partial charge is 0.0372 e. The van der Waals surface area contributed by atoms with E-state index in [1.807, 2.05) is 0 Å². The molecule has 116 valence electrons. The maximum atomic E-state index is 4.46. The van der Waals surface area contributed by atoms with E-state index < -0.39 is 0 Å². The Labute approximate surface area is 129 Å². The average Bonchev–Trinajstić information content (AvgIpc) is 2.51. The average molecular weight is 287 g/mol. The predicted octanol–water partition coefficient (Wildman–Crippen LogP) is 3.28. The van der Waals surface area contributed by atoms with Crippen molar-refractivity contribution in [3.8, 4) is 0 Å². The van der Waals surface area contributed by atoms with Gasteiger partial charge in [0.1, 0.15) is 0 Å². The van der Waals surface area contributed by atoms with Crippen LogP contribution in [0, 0.1) is 6.92 Å². The second kappa shape index (κ2) is 6.45. The maximum Gasteiger partial charge on any atom is 0.0372 e. The van der Waals surface area contributed by atoms with E-state index in [9.17, 15) is 0 Å². The minimum Gasteiger partial charge on any atom is -0.308 e. The lowest BCUT2D eigenvalue weighted by atomic mass is 9.79. The van der Waals surface area contributed by atoms with Gasteiger partial charge in [0, 0.05) is 43.1 Å². The Kier molecular flexibility index (Phi) is 4.60. The third kappa shape index (κ3) is 3.46. The zero-order valence-electron chi connectivity index (χ0n) is 13.6. The van der Waals surface area contributed by atoms with Gasteiger partial charge in [-0.25, -0.2) is 0 Å². The SMILES string of the molecule is CCC1CNC2(CCCCC2)CN1Cc1ccc(C)nc1. The van der Waals surface area contributed by atoms with Gasteiger partial charge < -0.3 is 5.32 Å². The van der Waals surface area contributed by atoms with Gasteiger partial charge in [-0.1, -0.05) is 32.3 Å². The van der Waals surface area contributed by atoms with Crippen molar-refractivity contribution in [1.82, 2.24) is 15.2 Å². The largest absolute Gasteiger partial charge is 0.308 e. The fraction of sp³-hybridized carbons (Fsp3) is 0.722. The Bertz CT molecular complexity index is 448. The number of rotatable bonds is 3. The lowest BCUT2D eigenvalue weighted by molar-refractivity contribution is 0.0483. The Balaban J connectivity index is 1.71. The number of aryl methyl sites for hydroxylation is 1. The van der Waals surface area contributed by atoms with Crippen LogP contribution in [0.3, 0.4) is 0 Å². The lowest BCUT2D eigenvalue weighted by Gasteiger charge is -2.49. The molecule has 1 saturated heterocycles. The van der Waals surface area contributed by atoms with Crippen molar-refractivity contribution in [3.63, 3.8) is 0 Å². The van der Waals surface area contributed by atoms with Gasteiger partial charge in [0.25, 0.3) is 0 Å². The quantitative estimate of drug-likeness (QED) is 0.925. The highest BCUT2D eigenvalue weighted by molar-refractivity contribution is 5.14. The summed E-state index contributed by atoms with van der Waals surface area (Å²) in [5, 5.41) is 3.90. The molecule has 21 heavy (non-hydrogen) atoms. The maximum absolute atomic E-state index is 4.46. The summed E-state index contributed by atoms with van der Waals surface area (Å²) in [6, 6.07) is 5.04. The molecule has 1 aromatic rings. The molecule has 2 aliphatic rings. The van der Waals surface area contributed by atoms with E-state index in [-0.39, 0.29) is 0 Å². The molecule has 0 radical (unpaired) electrons. The van der Waals surface area contributed by atoms with Crippen LogP contribution in [0.5, 0.6) is 0 Å². The van der Waals surface area contributed by atoms with E-state index in [0.717, 1.165) is 18.8 Å². The second-order valence-corrected chi connectivity index (χ2v) is 7.00. The molecule has 1 unspecified atom stereocenters. The summed E-state index contributed by atoms with van der Waals surface area (Å²) in [4.78, 5) is 7.16. The molecular formula is C18H29N3. The molecule has 1 saturated carbocycles. The molecule has 1 spiro atoms. The topological polar surface area (TPSA) is 28.2 Å². The first-order chi connectivity index (χ1) is 10.2. The molecule has 0 bridgehead atoms. The number of hydrogen-bond donors (Lipinski definition) is 1. The van der Waals surface area contributed by atoms with Gasteiger partial charge in [-0.2, -0.15) is 0 Å². The van der Waals surface area contributed by atoms with Gasteiger partial charge >= 0.3 is 0 Å². The van der Waals surface area contributed by atoms with Crippen LogP contribution in [0.2, 0.25) is 0 Å². The number of aromatic nitrogens is 1. The Morgan fingerprint density at radius 2 is 2.10 bits per heavy atom. The summed E-state index contributed by atoms with van der Waals surface area (Å²) >= 11 is 0. The summed E-state index contributed by atoms with van der Waals surface area (Å²) in [7, 11) is 0. The zero-order chi connectivity index (χ0) is 14.7. The van der Waals surface area contributed by atoms with Crippen LogP contribution in [0.1, 0.15) is 56.7 Å². The zero-order valence-corrected chi connectivity index (χ0v) is 13.6. The summed E-state index contributed by atoms with van der Waals surface area (Å²) < 4.78 is 0. The number of hydrogen-bond acceptors (Lipinski definition) is 3. The number of nitrogens with one attached hydrogen (secondary N) is 1. The molecule has 2 fully saturated rings. The first-order valence-corrected chi connectivity index (χ1v) is 8.61. The second-order valence-electron chi connectivity index (χ2n) is 7.00. The summed E-state index contributed by atoms with van der Waals surface area (Å²) in [5.74, 6) is 0. The highest BCUT2D eigenvalue weighted by atomic mass is 15.3. The molecule has 3 nitrogen and oxygen atoms in total. The van der Waals surface area contributed by atoms with E-state index in [2.05, 4.69) is 47.4 Å². The van der Waals surface area contributed by atoms with Crippen molar-refractivity contribution in [2.75, 3.05) is 13.1 Å². The Hall–Kier alpha value is -0.930. The van der Waals surface area contributed by atoms with Crippen molar-refractivity contribution < 1.29 is 0 Å². The molecule has 2 heterocycles. The number of piperazine rings is 1. The van der Waals surface area contributed by atoms with Crippen LogP contribution in [0.15, 0.2) is 18.3 Å². The van der Waals surface area contributed by atoms with Crippen LogP contribution in [-0.2, 0) is 6.54 Å². The molecule has 0 amide bonds. The minimum atomic E-state index is 0.391. The van der Waals surface area contributed by atoms with Gasteiger partial charge in [-0.05, 0) is 37.8 Å². The van der Waals surface area contributed by atoms with Gasteiger partial charge in [0.05, 0.1) is 0 Å². The molecule has 3 rings (SSSR count). The molecule has 0 aromatic carbocycles. The molecule has 1 aliphatic heterocycles. The monoisotopic (exact) mass is 287 g/mol. The minimum absolute atomic E-state index is 0.391. The number of pyridine rings is 1. The molecule has 3 heteroatoms. The Morgan fingerprint density at radius 1 is 1.29 bits per heavy atom. The summed E-state index contributed by atoms with van der Waals surface area (Å²) in [5.41, 5.74) is 2.85.